The Hall–Kier alpha value is -3.08. The Labute approximate surface area is 212 Å². The lowest BCUT2D eigenvalue weighted by molar-refractivity contribution is 0.142. The molecular weight excluding hydrogens is 456 g/mol. The summed E-state index contributed by atoms with van der Waals surface area (Å²) in [5.41, 5.74) is 5.51. The number of halogens is 1. The van der Waals surface area contributed by atoms with E-state index in [0.717, 1.165) is 43.7 Å². The Morgan fingerprint density at radius 2 is 1.77 bits per heavy atom. The minimum absolute atomic E-state index is 0.0234. The highest BCUT2D eigenvalue weighted by atomic mass is 35.5. The molecule has 0 saturated carbocycles. The van der Waals surface area contributed by atoms with Crippen LogP contribution in [-0.4, -0.2) is 37.2 Å². The van der Waals surface area contributed by atoms with E-state index >= 15 is 0 Å². The SMILES string of the molecule is Cc1ccc2c(c1)C1(CCN(CC=Cc3ccccc3)CC1)CN2C(=O)OCc1ccccc1Cl. The van der Waals surface area contributed by atoms with Crippen molar-refractivity contribution in [1.29, 1.82) is 0 Å². The number of carbonyl (C=O) groups is 1. The lowest BCUT2D eigenvalue weighted by Crippen LogP contribution is -2.46. The van der Waals surface area contributed by atoms with Crippen molar-refractivity contribution in [3.63, 3.8) is 0 Å². The van der Waals surface area contributed by atoms with Gasteiger partial charge in [-0.1, -0.05) is 90.0 Å². The normalized spacial score (nSPS) is 17.1. The third kappa shape index (κ3) is 5.14. The molecule has 0 radical (unpaired) electrons. The van der Waals surface area contributed by atoms with E-state index in [2.05, 4.69) is 66.4 Å². The number of aryl methyl sites for hydroxylation is 1. The molecule has 0 unspecified atom stereocenters. The second kappa shape index (κ2) is 10.3. The van der Waals surface area contributed by atoms with E-state index in [4.69, 9.17) is 16.3 Å². The third-order valence-corrected chi connectivity index (χ3v) is 7.66. The maximum atomic E-state index is 13.2. The fourth-order valence-electron chi connectivity index (χ4n) is 5.27. The number of nitrogens with zero attached hydrogens (tertiary/aromatic N) is 2. The van der Waals surface area contributed by atoms with Gasteiger partial charge in [0.1, 0.15) is 6.61 Å². The van der Waals surface area contributed by atoms with Gasteiger partial charge in [0.2, 0.25) is 0 Å². The fraction of sp³-hybridized carbons (Fsp3) is 0.300. The van der Waals surface area contributed by atoms with E-state index in [-0.39, 0.29) is 18.1 Å². The molecule has 0 atom stereocenters. The number of benzene rings is 3. The average Bonchev–Trinajstić information content (AvgIpc) is 3.18. The highest BCUT2D eigenvalue weighted by Gasteiger charge is 2.46. The van der Waals surface area contributed by atoms with E-state index < -0.39 is 0 Å². The molecule has 1 fully saturated rings. The summed E-state index contributed by atoms with van der Waals surface area (Å²) in [4.78, 5) is 17.5. The smallest absolute Gasteiger partial charge is 0.414 e. The number of carbonyl (C=O) groups excluding carboxylic acids is 1. The molecule has 1 saturated heterocycles. The van der Waals surface area contributed by atoms with Crippen LogP contribution in [-0.2, 0) is 16.8 Å². The van der Waals surface area contributed by atoms with Gasteiger partial charge >= 0.3 is 6.09 Å². The van der Waals surface area contributed by atoms with Gasteiger partial charge in [-0.15, -0.1) is 0 Å². The molecule has 0 bridgehead atoms. The molecule has 0 aliphatic carbocycles. The maximum Gasteiger partial charge on any atom is 0.414 e. The van der Waals surface area contributed by atoms with Gasteiger partial charge in [0, 0.05) is 29.1 Å². The number of piperidine rings is 1. The molecule has 0 aromatic heterocycles. The Balaban J connectivity index is 1.26. The lowest BCUT2D eigenvalue weighted by atomic mass is 9.74. The zero-order chi connectivity index (χ0) is 24.3. The second-order valence-electron chi connectivity index (χ2n) is 9.65. The van der Waals surface area contributed by atoms with Crippen LogP contribution in [0, 0.1) is 6.92 Å². The first-order valence-electron chi connectivity index (χ1n) is 12.3. The van der Waals surface area contributed by atoms with Crippen molar-refractivity contribution in [3.8, 4) is 0 Å². The van der Waals surface area contributed by atoms with Crippen LogP contribution in [0.4, 0.5) is 10.5 Å². The lowest BCUT2D eigenvalue weighted by Gasteiger charge is -2.39. The van der Waals surface area contributed by atoms with Crippen LogP contribution in [0.1, 0.15) is 35.1 Å². The summed E-state index contributed by atoms with van der Waals surface area (Å²) in [5.74, 6) is 0. The molecule has 5 heteroatoms. The Morgan fingerprint density at radius 1 is 1.03 bits per heavy atom. The molecular formula is C30H31ClN2O2. The summed E-state index contributed by atoms with van der Waals surface area (Å²) in [6.45, 7) is 5.92. The van der Waals surface area contributed by atoms with E-state index in [0.29, 0.717) is 11.6 Å². The van der Waals surface area contributed by atoms with Gasteiger partial charge in [-0.05, 0) is 56.1 Å². The van der Waals surface area contributed by atoms with Gasteiger partial charge in [-0.3, -0.25) is 9.80 Å². The molecule has 180 valence electrons. The van der Waals surface area contributed by atoms with Gasteiger partial charge in [0.15, 0.2) is 0 Å². The number of anilines is 1. The average molecular weight is 487 g/mol. The fourth-order valence-corrected chi connectivity index (χ4v) is 5.46. The largest absolute Gasteiger partial charge is 0.444 e. The molecule has 5 rings (SSSR count). The molecule has 2 aliphatic heterocycles. The number of ether oxygens (including phenoxy) is 1. The van der Waals surface area contributed by atoms with Crippen LogP contribution < -0.4 is 4.90 Å². The zero-order valence-electron chi connectivity index (χ0n) is 20.1. The first-order valence-corrected chi connectivity index (χ1v) is 12.6. The number of amides is 1. The van der Waals surface area contributed by atoms with E-state index in [1.54, 1.807) is 0 Å². The Kier molecular flexibility index (Phi) is 6.94. The first kappa shape index (κ1) is 23.7. The van der Waals surface area contributed by atoms with Crippen LogP contribution >= 0.6 is 11.6 Å². The van der Waals surface area contributed by atoms with Crippen molar-refractivity contribution in [2.75, 3.05) is 31.1 Å². The highest BCUT2D eigenvalue weighted by Crippen LogP contribution is 2.47. The van der Waals surface area contributed by atoms with E-state index in [1.165, 1.54) is 16.7 Å². The predicted molar refractivity (Wildman–Crippen MR) is 143 cm³/mol. The molecule has 1 spiro atoms. The number of hydrogen-bond donors (Lipinski definition) is 0. The minimum atomic E-state index is -0.305. The number of hydrogen-bond acceptors (Lipinski definition) is 3. The van der Waals surface area contributed by atoms with Crippen LogP contribution in [0.5, 0.6) is 0 Å². The number of fused-ring (bicyclic) bond motifs is 2. The molecule has 35 heavy (non-hydrogen) atoms. The van der Waals surface area contributed by atoms with Crippen molar-refractivity contribution in [2.45, 2.75) is 31.8 Å². The van der Waals surface area contributed by atoms with Crippen LogP contribution in [0.2, 0.25) is 5.02 Å². The van der Waals surface area contributed by atoms with Crippen LogP contribution in [0.15, 0.2) is 78.9 Å². The number of likely N-dealkylation sites (tertiary alicyclic amines) is 1. The summed E-state index contributed by atoms with van der Waals surface area (Å²) in [5, 5.41) is 0.614. The van der Waals surface area contributed by atoms with Gasteiger partial charge in [-0.2, -0.15) is 0 Å². The van der Waals surface area contributed by atoms with Gasteiger partial charge in [0.05, 0.1) is 5.69 Å². The summed E-state index contributed by atoms with van der Waals surface area (Å²) in [6.07, 6.45) is 6.18. The topological polar surface area (TPSA) is 32.8 Å². The molecule has 4 nitrogen and oxygen atoms in total. The molecule has 2 aliphatic rings. The predicted octanol–water partition coefficient (Wildman–Crippen LogP) is 6.85. The minimum Gasteiger partial charge on any atom is -0.444 e. The van der Waals surface area contributed by atoms with Crippen molar-refractivity contribution in [2.24, 2.45) is 0 Å². The summed E-state index contributed by atoms with van der Waals surface area (Å²) in [7, 11) is 0. The van der Waals surface area contributed by atoms with Crippen molar-refractivity contribution in [1.82, 2.24) is 4.90 Å². The standard InChI is InChI=1S/C30H31ClN2O2/c1-23-13-14-28-26(20-23)30(22-33(28)29(34)35-21-25-11-5-6-12-27(25)31)15-18-32(19-16-30)17-7-10-24-8-3-2-4-9-24/h2-14,20H,15-19,21-22H2,1H3. The van der Waals surface area contributed by atoms with Gasteiger partial charge in [0.25, 0.3) is 0 Å². The summed E-state index contributed by atoms with van der Waals surface area (Å²) in [6, 6.07) is 24.3. The molecule has 2 heterocycles. The Bertz CT molecular complexity index is 1220. The van der Waals surface area contributed by atoms with Crippen molar-refractivity contribution < 1.29 is 9.53 Å². The van der Waals surface area contributed by atoms with Crippen molar-refractivity contribution >= 4 is 29.5 Å². The van der Waals surface area contributed by atoms with Gasteiger partial charge < -0.3 is 4.74 Å². The third-order valence-electron chi connectivity index (χ3n) is 7.29. The second-order valence-corrected chi connectivity index (χ2v) is 10.1. The van der Waals surface area contributed by atoms with Gasteiger partial charge in [-0.25, -0.2) is 4.79 Å². The summed E-state index contributed by atoms with van der Waals surface area (Å²) >= 11 is 6.25. The maximum absolute atomic E-state index is 13.2. The molecule has 3 aromatic carbocycles. The zero-order valence-corrected chi connectivity index (χ0v) is 20.9. The highest BCUT2D eigenvalue weighted by molar-refractivity contribution is 6.31. The van der Waals surface area contributed by atoms with Crippen LogP contribution in [0.25, 0.3) is 6.08 Å². The monoisotopic (exact) mass is 486 g/mol. The van der Waals surface area contributed by atoms with Crippen molar-refractivity contribution in [3.05, 3.63) is 106 Å². The quantitative estimate of drug-likeness (QED) is 0.395. The Morgan fingerprint density at radius 3 is 2.54 bits per heavy atom. The molecule has 3 aromatic rings. The van der Waals surface area contributed by atoms with E-state index in [9.17, 15) is 4.79 Å². The number of rotatable bonds is 5. The molecule has 1 amide bonds. The van der Waals surface area contributed by atoms with E-state index in [1.807, 2.05) is 35.2 Å². The first-order chi connectivity index (χ1) is 17.0. The van der Waals surface area contributed by atoms with Crippen LogP contribution in [0.3, 0.4) is 0 Å². The summed E-state index contributed by atoms with van der Waals surface area (Å²) < 4.78 is 5.71. The molecule has 0 N–H and O–H groups in total.